The Morgan fingerprint density at radius 2 is 2.00 bits per heavy atom. The van der Waals surface area contributed by atoms with E-state index in [0.717, 1.165) is 19.5 Å². The summed E-state index contributed by atoms with van der Waals surface area (Å²) in [6.45, 7) is 8.98. The number of aromatic nitrogens is 2. The molecule has 0 aromatic carbocycles. The molecule has 1 aliphatic carbocycles. The van der Waals surface area contributed by atoms with Crippen LogP contribution in [0.2, 0.25) is 0 Å². The molecule has 1 N–H and O–H groups in total. The number of hydrogen-bond acceptors (Lipinski definition) is 2. The van der Waals surface area contributed by atoms with E-state index in [1.165, 1.54) is 44.2 Å². The van der Waals surface area contributed by atoms with Crippen LogP contribution in [0, 0.1) is 5.41 Å². The summed E-state index contributed by atoms with van der Waals surface area (Å²) in [5, 5.41) is 8.39. The standard InChI is InChI=1S/C17H31N3/c1-4-12-18-16(17(6-3)10-7-8-11-17)15-9-13-19-20(15)14-5-2/h9,13,16,18H,4-8,10-12,14H2,1-3H3. The highest BCUT2D eigenvalue weighted by molar-refractivity contribution is 5.13. The average Bonchev–Trinajstić information content (AvgIpc) is 3.10. The molecule has 0 radical (unpaired) electrons. The Bertz CT molecular complexity index is 391. The molecule has 0 saturated heterocycles. The van der Waals surface area contributed by atoms with Crippen molar-refractivity contribution in [2.75, 3.05) is 6.54 Å². The largest absolute Gasteiger partial charge is 0.308 e. The number of rotatable bonds is 8. The first-order chi connectivity index (χ1) is 9.77. The first-order valence-corrected chi connectivity index (χ1v) is 8.52. The van der Waals surface area contributed by atoms with Gasteiger partial charge in [-0.25, -0.2) is 0 Å². The molecule has 20 heavy (non-hydrogen) atoms. The lowest BCUT2D eigenvalue weighted by Crippen LogP contribution is -2.38. The second-order valence-electron chi connectivity index (χ2n) is 6.29. The molecule has 1 fully saturated rings. The molecule has 0 aliphatic heterocycles. The summed E-state index contributed by atoms with van der Waals surface area (Å²) in [6, 6.07) is 2.71. The smallest absolute Gasteiger partial charge is 0.0559 e. The van der Waals surface area contributed by atoms with E-state index >= 15 is 0 Å². The molecule has 114 valence electrons. The zero-order chi connectivity index (χ0) is 14.4. The molecule has 3 heteroatoms. The molecule has 1 unspecified atom stereocenters. The van der Waals surface area contributed by atoms with Crippen molar-refractivity contribution in [2.45, 2.75) is 78.3 Å². The molecule has 1 heterocycles. The summed E-state index contributed by atoms with van der Waals surface area (Å²) in [6.07, 6.45) is 11.1. The fraction of sp³-hybridized carbons (Fsp3) is 0.824. The predicted octanol–water partition coefficient (Wildman–Crippen LogP) is 4.30. The van der Waals surface area contributed by atoms with Gasteiger partial charge < -0.3 is 5.32 Å². The van der Waals surface area contributed by atoms with E-state index in [2.05, 4.69) is 41.9 Å². The maximum atomic E-state index is 4.55. The van der Waals surface area contributed by atoms with Gasteiger partial charge in [0.05, 0.1) is 11.7 Å². The highest BCUT2D eigenvalue weighted by Crippen LogP contribution is 2.50. The monoisotopic (exact) mass is 277 g/mol. The van der Waals surface area contributed by atoms with Crippen molar-refractivity contribution in [2.24, 2.45) is 5.41 Å². The Labute approximate surface area is 124 Å². The van der Waals surface area contributed by atoms with Gasteiger partial charge in [-0.3, -0.25) is 4.68 Å². The van der Waals surface area contributed by atoms with Crippen LogP contribution >= 0.6 is 0 Å². The molecule has 3 nitrogen and oxygen atoms in total. The second kappa shape index (κ2) is 7.26. The van der Waals surface area contributed by atoms with Crippen LogP contribution in [-0.4, -0.2) is 16.3 Å². The Morgan fingerprint density at radius 1 is 1.25 bits per heavy atom. The van der Waals surface area contributed by atoms with Gasteiger partial charge in [-0.1, -0.05) is 33.6 Å². The van der Waals surface area contributed by atoms with Crippen LogP contribution in [0.5, 0.6) is 0 Å². The Morgan fingerprint density at radius 3 is 2.60 bits per heavy atom. The van der Waals surface area contributed by atoms with Crippen LogP contribution in [-0.2, 0) is 6.54 Å². The van der Waals surface area contributed by atoms with Gasteiger partial charge in [0.2, 0.25) is 0 Å². The van der Waals surface area contributed by atoms with Gasteiger partial charge in [0.25, 0.3) is 0 Å². The van der Waals surface area contributed by atoms with Crippen molar-refractivity contribution in [1.29, 1.82) is 0 Å². The summed E-state index contributed by atoms with van der Waals surface area (Å²) in [5.41, 5.74) is 1.85. The lowest BCUT2D eigenvalue weighted by atomic mass is 9.74. The molecule has 2 rings (SSSR count). The minimum Gasteiger partial charge on any atom is -0.308 e. The third kappa shape index (κ3) is 3.08. The minimum absolute atomic E-state index is 0.445. The molecular formula is C17H31N3. The summed E-state index contributed by atoms with van der Waals surface area (Å²) >= 11 is 0. The normalized spacial score (nSPS) is 19.4. The lowest BCUT2D eigenvalue weighted by Gasteiger charge is -2.38. The Kier molecular flexibility index (Phi) is 5.64. The molecule has 0 spiro atoms. The van der Waals surface area contributed by atoms with Crippen molar-refractivity contribution in [3.63, 3.8) is 0 Å². The molecule has 0 amide bonds. The van der Waals surface area contributed by atoms with E-state index in [4.69, 9.17) is 0 Å². The fourth-order valence-electron chi connectivity index (χ4n) is 3.84. The van der Waals surface area contributed by atoms with E-state index in [1.807, 2.05) is 6.20 Å². The molecule has 1 aliphatic rings. The van der Waals surface area contributed by atoms with Crippen LogP contribution in [0.15, 0.2) is 12.3 Å². The van der Waals surface area contributed by atoms with Crippen molar-refractivity contribution in [3.8, 4) is 0 Å². The maximum Gasteiger partial charge on any atom is 0.0559 e. The average molecular weight is 277 g/mol. The van der Waals surface area contributed by atoms with Gasteiger partial charge in [-0.05, 0) is 50.1 Å². The van der Waals surface area contributed by atoms with Gasteiger partial charge in [0, 0.05) is 12.7 Å². The van der Waals surface area contributed by atoms with Gasteiger partial charge in [0.15, 0.2) is 0 Å². The van der Waals surface area contributed by atoms with E-state index in [-0.39, 0.29) is 0 Å². The highest BCUT2D eigenvalue weighted by atomic mass is 15.3. The lowest BCUT2D eigenvalue weighted by molar-refractivity contribution is 0.178. The molecule has 1 aromatic heterocycles. The number of nitrogens with zero attached hydrogens (tertiary/aromatic N) is 2. The van der Waals surface area contributed by atoms with E-state index < -0.39 is 0 Å². The summed E-state index contributed by atoms with van der Waals surface area (Å²) in [4.78, 5) is 0. The van der Waals surface area contributed by atoms with Crippen molar-refractivity contribution in [1.82, 2.24) is 15.1 Å². The second-order valence-corrected chi connectivity index (χ2v) is 6.29. The van der Waals surface area contributed by atoms with Gasteiger partial charge in [-0.2, -0.15) is 5.10 Å². The zero-order valence-electron chi connectivity index (χ0n) is 13.5. The fourth-order valence-corrected chi connectivity index (χ4v) is 3.84. The minimum atomic E-state index is 0.445. The Balaban J connectivity index is 2.28. The molecule has 1 atom stereocenters. The Hall–Kier alpha value is -0.830. The SMILES string of the molecule is CCCNC(c1ccnn1CCC)C1(CC)CCCC1. The topological polar surface area (TPSA) is 29.9 Å². The van der Waals surface area contributed by atoms with E-state index in [1.54, 1.807) is 0 Å². The van der Waals surface area contributed by atoms with Crippen molar-refractivity contribution >= 4 is 0 Å². The first kappa shape index (κ1) is 15.6. The van der Waals surface area contributed by atoms with Crippen LogP contribution in [0.4, 0.5) is 0 Å². The summed E-state index contributed by atoms with van der Waals surface area (Å²) in [7, 11) is 0. The third-order valence-electron chi connectivity index (χ3n) is 4.99. The van der Waals surface area contributed by atoms with Crippen LogP contribution < -0.4 is 5.32 Å². The molecular weight excluding hydrogens is 246 g/mol. The zero-order valence-corrected chi connectivity index (χ0v) is 13.5. The van der Waals surface area contributed by atoms with Crippen molar-refractivity contribution < 1.29 is 0 Å². The summed E-state index contributed by atoms with van der Waals surface area (Å²) in [5.74, 6) is 0. The van der Waals surface area contributed by atoms with Crippen LogP contribution in [0.25, 0.3) is 0 Å². The number of hydrogen-bond donors (Lipinski definition) is 1. The quantitative estimate of drug-likeness (QED) is 0.767. The van der Waals surface area contributed by atoms with Gasteiger partial charge in [0.1, 0.15) is 0 Å². The summed E-state index contributed by atoms with van der Waals surface area (Å²) < 4.78 is 2.23. The first-order valence-electron chi connectivity index (χ1n) is 8.52. The van der Waals surface area contributed by atoms with Gasteiger partial charge in [-0.15, -0.1) is 0 Å². The third-order valence-corrected chi connectivity index (χ3v) is 4.99. The molecule has 1 aromatic rings. The van der Waals surface area contributed by atoms with Crippen LogP contribution in [0.3, 0.4) is 0 Å². The van der Waals surface area contributed by atoms with E-state index in [9.17, 15) is 0 Å². The molecule has 1 saturated carbocycles. The molecule has 0 bridgehead atoms. The van der Waals surface area contributed by atoms with Gasteiger partial charge >= 0.3 is 0 Å². The maximum absolute atomic E-state index is 4.55. The highest BCUT2D eigenvalue weighted by Gasteiger charge is 2.41. The number of aryl methyl sites for hydroxylation is 1. The van der Waals surface area contributed by atoms with Crippen molar-refractivity contribution in [3.05, 3.63) is 18.0 Å². The predicted molar refractivity (Wildman–Crippen MR) is 84.7 cm³/mol. The van der Waals surface area contributed by atoms with Crippen LogP contribution in [0.1, 0.15) is 77.5 Å². The number of nitrogens with one attached hydrogen (secondary N) is 1. The van der Waals surface area contributed by atoms with E-state index in [0.29, 0.717) is 11.5 Å².